The van der Waals surface area contributed by atoms with Crippen LogP contribution in [0.2, 0.25) is 0 Å². The van der Waals surface area contributed by atoms with Crippen molar-refractivity contribution in [1.29, 1.82) is 0 Å². The molecule has 1 unspecified atom stereocenters. The molecular formula is C32H52N5O5+. The molecule has 42 heavy (non-hydrogen) atoms. The zero-order valence-electron chi connectivity index (χ0n) is 26.4. The van der Waals surface area contributed by atoms with Crippen LogP contribution in [0.4, 0.5) is 4.79 Å². The van der Waals surface area contributed by atoms with Gasteiger partial charge in [-0.05, 0) is 36.5 Å². The number of nitrogens with zero attached hydrogens (tertiary/aromatic N) is 5. The molecule has 2 fully saturated rings. The molecule has 234 valence electrons. The van der Waals surface area contributed by atoms with E-state index in [-0.39, 0.29) is 30.4 Å². The number of hydrogen-bond donors (Lipinski definition) is 1. The standard InChI is InChI=1S/C32H51N5O5/c1-6-7-15-34(17-9-19-37(3,4)5)29(38)23-36-22-26(24-10-11-28-25(21-24)13-20-42-28)30(31(39)40)27(36)12-18-35-16-8-14-33(2)32(35)41/h10-11,21,26-27,30H,6-9,12-20,22-23H2,1-5H3/p+1/t26-,27+,30?/m1/s1. The normalized spacial score (nSPS) is 22.8. The van der Waals surface area contributed by atoms with Gasteiger partial charge in [0, 0.05) is 71.1 Å². The fourth-order valence-electron chi connectivity index (χ4n) is 6.77. The Morgan fingerprint density at radius 2 is 1.90 bits per heavy atom. The van der Waals surface area contributed by atoms with Crippen LogP contribution >= 0.6 is 0 Å². The molecule has 3 atom stereocenters. The molecule has 10 heteroatoms. The number of carboxylic acids is 1. The first-order valence-electron chi connectivity index (χ1n) is 15.8. The Labute approximate surface area is 251 Å². The number of urea groups is 1. The van der Waals surface area contributed by atoms with Crippen LogP contribution in [0.25, 0.3) is 0 Å². The number of hydrogen-bond acceptors (Lipinski definition) is 5. The average Bonchev–Trinajstić information content (AvgIpc) is 3.55. The van der Waals surface area contributed by atoms with E-state index in [9.17, 15) is 19.5 Å². The summed E-state index contributed by atoms with van der Waals surface area (Å²) in [5.74, 6) is -0.813. The number of quaternary nitrogens is 1. The van der Waals surface area contributed by atoms with Crippen molar-refractivity contribution in [3.05, 3.63) is 29.3 Å². The van der Waals surface area contributed by atoms with Gasteiger partial charge in [0.2, 0.25) is 5.91 Å². The number of likely N-dealkylation sites (tertiary alicyclic amines) is 1. The molecule has 4 rings (SSSR count). The Morgan fingerprint density at radius 1 is 1.14 bits per heavy atom. The lowest BCUT2D eigenvalue weighted by atomic mass is 9.83. The zero-order chi connectivity index (χ0) is 30.4. The predicted octanol–water partition coefficient (Wildman–Crippen LogP) is 2.96. The first-order valence-corrected chi connectivity index (χ1v) is 15.8. The lowest BCUT2D eigenvalue weighted by molar-refractivity contribution is -0.870. The van der Waals surface area contributed by atoms with Crippen LogP contribution in [0.5, 0.6) is 5.75 Å². The number of carboxylic acid groups (broad SMARTS) is 1. The van der Waals surface area contributed by atoms with Gasteiger partial charge < -0.3 is 29.0 Å². The van der Waals surface area contributed by atoms with E-state index >= 15 is 0 Å². The number of unbranched alkanes of at least 4 members (excludes halogenated alkanes) is 1. The molecular weight excluding hydrogens is 534 g/mol. The smallest absolute Gasteiger partial charge is 0.319 e. The van der Waals surface area contributed by atoms with Crippen molar-refractivity contribution in [1.82, 2.24) is 19.6 Å². The van der Waals surface area contributed by atoms with Crippen molar-refractivity contribution in [2.24, 2.45) is 5.92 Å². The molecule has 0 aliphatic carbocycles. The molecule has 1 aromatic carbocycles. The van der Waals surface area contributed by atoms with Gasteiger partial charge in [0.15, 0.2) is 0 Å². The number of amides is 3. The Kier molecular flexibility index (Phi) is 10.8. The summed E-state index contributed by atoms with van der Waals surface area (Å²) >= 11 is 0. The van der Waals surface area contributed by atoms with Gasteiger partial charge in [-0.15, -0.1) is 0 Å². The third kappa shape index (κ3) is 7.95. The molecule has 1 aromatic rings. The summed E-state index contributed by atoms with van der Waals surface area (Å²) in [6, 6.07) is 5.70. The minimum Gasteiger partial charge on any atom is -0.493 e. The van der Waals surface area contributed by atoms with Crippen molar-refractivity contribution >= 4 is 17.9 Å². The molecule has 3 aliphatic heterocycles. The van der Waals surface area contributed by atoms with E-state index in [1.807, 2.05) is 29.0 Å². The van der Waals surface area contributed by atoms with Gasteiger partial charge in [-0.3, -0.25) is 14.5 Å². The first-order chi connectivity index (χ1) is 20.0. The lowest BCUT2D eigenvalue weighted by Gasteiger charge is -2.35. The van der Waals surface area contributed by atoms with Crippen molar-refractivity contribution in [2.45, 2.75) is 57.4 Å². The molecule has 0 saturated carbocycles. The summed E-state index contributed by atoms with van der Waals surface area (Å²) in [6.07, 6.45) is 5.12. The average molecular weight is 587 g/mol. The number of carbonyl (C=O) groups excluding carboxylic acids is 2. The van der Waals surface area contributed by atoms with Crippen LogP contribution < -0.4 is 4.74 Å². The van der Waals surface area contributed by atoms with Gasteiger partial charge in [-0.25, -0.2) is 4.79 Å². The van der Waals surface area contributed by atoms with E-state index in [2.05, 4.69) is 39.0 Å². The van der Waals surface area contributed by atoms with E-state index < -0.39 is 11.9 Å². The van der Waals surface area contributed by atoms with Crippen molar-refractivity contribution in [3.63, 3.8) is 0 Å². The number of benzene rings is 1. The molecule has 0 bridgehead atoms. The van der Waals surface area contributed by atoms with Crippen molar-refractivity contribution in [2.75, 3.05) is 87.2 Å². The van der Waals surface area contributed by atoms with Gasteiger partial charge in [0.25, 0.3) is 0 Å². The molecule has 1 N–H and O–H groups in total. The van der Waals surface area contributed by atoms with Crippen LogP contribution in [0.1, 0.15) is 56.1 Å². The summed E-state index contributed by atoms with van der Waals surface area (Å²) in [6.45, 7) is 7.78. The third-order valence-corrected chi connectivity index (χ3v) is 9.12. The maximum absolute atomic E-state index is 13.8. The molecule has 3 aliphatic rings. The largest absolute Gasteiger partial charge is 0.493 e. The van der Waals surface area contributed by atoms with Crippen molar-refractivity contribution in [3.8, 4) is 5.75 Å². The van der Waals surface area contributed by atoms with Crippen LogP contribution in [0.15, 0.2) is 18.2 Å². The number of aliphatic carboxylic acids is 1. The molecule has 10 nitrogen and oxygen atoms in total. The van der Waals surface area contributed by atoms with Gasteiger partial charge in [-0.2, -0.15) is 0 Å². The Bertz CT molecular complexity index is 1110. The molecule has 3 amide bonds. The number of ether oxygens (including phenoxy) is 1. The summed E-state index contributed by atoms with van der Waals surface area (Å²) in [5.41, 5.74) is 2.11. The maximum Gasteiger partial charge on any atom is 0.319 e. The van der Waals surface area contributed by atoms with E-state index in [1.165, 1.54) is 0 Å². The fraction of sp³-hybridized carbons (Fsp3) is 0.719. The Hall–Kier alpha value is -2.85. The molecule has 2 saturated heterocycles. The Morgan fingerprint density at radius 3 is 2.62 bits per heavy atom. The summed E-state index contributed by atoms with van der Waals surface area (Å²) in [7, 11) is 8.30. The zero-order valence-corrected chi connectivity index (χ0v) is 26.4. The second kappa shape index (κ2) is 14.1. The molecule has 0 aromatic heterocycles. The van der Waals surface area contributed by atoms with Crippen LogP contribution in [0, 0.1) is 5.92 Å². The highest BCUT2D eigenvalue weighted by Crippen LogP contribution is 2.41. The highest BCUT2D eigenvalue weighted by Gasteiger charge is 2.47. The molecule has 3 heterocycles. The topological polar surface area (TPSA) is 93.6 Å². The second-order valence-corrected chi connectivity index (χ2v) is 13.4. The van der Waals surface area contributed by atoms with Gasteiger partial charge >= 0.3 is 12.0 Å². The van der Waals surface area contributed by atoms with E-state index in [0.717, 1.165) is 73.1 Å². The van der Waals surface area contributed by atoms with E-state index in [1.54, 1.807) is 4.90 Å². The SMILES string of the molecule is CCCCN(CCC[N+](C)(C)C)C(=O)CN1C[C@H](c2ccc3c(c2)CCO3)C(C(=O)O)[C@@H]1CCN1CCCN(C)C1=O. The monoisotopic (exact) mass is 586 g/mol. The minimum absolute atomic E-state index is 0.00749. The summed E-state index contributed by atoms with van der Waals surface area (Å²) < 4.78 is 6.55. The second-order valence-electron chi connectivity index (χ2n) is 13.4. The van der Waals surface area contributed by atoms with Crippen LogP contribution in [-0.2, 0) is 16.0 Å². The lowest BCUT2D eigenvalue weighted by Crippen LogP contribution is -2.50. The summed E-state index contributed by atoms with van der Waals surface area (Å²) in [4.78, 5) is 47.2. The van der Waals surface area contributed by atoms with Gasteiger partial charge in [-0.1, -0.05) is 25.5 Å². The maximum atomic E-state index is 13.8. The minimum atomic E-state index is -0.843. The number of rotatable bonds is 14. The molecule has 0 spiro atoms. The highest BCUT2D eigenvalue weighted by atomic mass is 16.5. The summed E-state index contributed by atoms with van der Waals surface area (Å²) in [5, 5.41) is 10.6. The highest BCUT2D eigenvalue weighted by molar-refractivity contribution is 5.79. The van der Waals surface area contributed by atoms with Crippen molar-refractivity contribution < 1.29 is 28.7 Å². The fourth-order valence-corrected chi connectivity index (χ4v) is 6.77. The predicted molar refractivity (Wildman–Crippen MR) is 163 cm³/mol. The number of carbonyl (C=O) groups is 3. The van der Waals surface area contributed by atoms with Crippen LogP contribution in [0.3, 0.4) is 0 Å². The van der Waals surface area contributed by atoms with Gasteiger partial charge in [0.05, 0.1) is 46.8 Å². The van der Waals surface area contributed by atoms with E-state index in [0.29, 0.717) is 39.2 Å². The number of fused-ring (bicyclic) bond motifs is 1. The first kappa shape index (κ1) is 32.1. The van der Waals surface area contributed by atoms with Gasteiger partial charge in [0.1, 0.15) is 5.75 Å². The molecule has 0 radical (unpaired) electrons. The third-order valence-electron chi connectivity index (χ3n) is 9.12. The van der Waals surface area contributed by atoms with E-state index in [4.69, 9.17) is 4.74 Å². The quantitative estimate of drug-likeness (QED) is 0.337. The van der Waals surface area contributed by atoms with Crippen LogP contribution in [-0.4, -0.2) is 140 Å². The Balaban J connectivity index is 1.56.